The number of hydrogen-bond donors (Lipinski definition) is 0. The number of benzene rings is 1. The molecule has 0 unspecified atom stereocenters. The molecule has 1 atom stereocenters. The van der Waals surface area contributed by atoms with E-state index in [4.69, 9.17) is 4.74 Å². The van der Waals surface area contributed by atoms with Crippen molar-refractivity contribution in [2.24, 2.45) is 4.40 Å². The lowest BCUT2D eigenvalue weighted by atomic mass is 10.2. The van der Waals surface area contributed by atoms with Crippen molar-refractivity contribution < 1.29 is 8.95 Å². The highest BCUT2D eigenvalue weighted by molar-refractivity contribution is 9.10. The molecule has 0 aromatic heterocycles. The third kappa shape index (κ3) is 4.24. The fraction of sp³-hybridized carbons (Fsp3) is 0.417. The van der Waals surface area contributed by atoms with Crippen LogP contribution in [0.4, 0.5) is 0 Å². The summed E-state index contributed by atoms with van der Waals surface area (Å²) in [6.45, 7) is 5.67. The zero-order valence-corrected chi connectivity index (χ0v) is 12.8. The van der Waals surface area contributed by atoms with Gasteiger partial charge in [-0.25, -0.2) is 4.21 Å². The van der Waals surface area contributed by atoms with Crippen molar-refractivity contribution in [3.8, 4) is 5.75 Å². The number of halogens is 1. The molecule has 0 N–H and O–H groups in total. The number of hydrogen-bond acceptors (Lipinski definition) is 2. The Labute approximate surface area is 113 Å². The van der Waals surface area contributed by atoms with Crippen molar-refractivity contribution in [1.29, 1.82) is 0 Å². The Kier molecular flexibility index (Phi) is 4.89. The lowest BCUT2D eigenvalue weighted by molar-refractivity contribution is 0.414. The predicted molar refractivity (Wildman–Crippen MR) is 76.2 cm³/mol. The summed E-state index contributed by atoms with van der Waals surface area (Å²) in [5.41, 5.74) is 0.849. The van der Waals surface area contributed by atoms with E-state index in [1.54, 1.807) is 13.3 Å². The third-order valence-electron chi connectivity index (χ3n) is 2.01. The summed E-state index contributed by atoms with van der Waals surface area (Å²) in [6, 6.07) is 5.57. The van der Waals surface area contributed by atoms with E-state index in [9.17, 15) is 4.21 Å². The summed E-state index contributed by atoms with van der Waals surface area (Å²) in [4.78, 5) is 0. The quantitative estimate of drug-likeness (QED) is 0.802. The van der Waals surface area contributed by atoms with Gasteiger partial charge in [0.1, 0.15) is 16.7 Å². The summed E-state index contributed by atoms with van der Waals surface area (Å²) in [7, 11) is 0.362. The Morgan fingerprint density at radius 3 is 2.59 bits per heavy atom. The first-order valence-electron chi connectivity index (χ1n) is 5.14. The maximum absolute atomic E-state index is 11.8. The van der Waals surface area contributed by atoms with Crippen molar-refractivity contribution >= 4 is 33.1 Å². The zero-order chi connectivity index (χ0) is 13.1. The van der Waals surface area contributed by atoms with E-state index < -0.39 is 11.0 Å². The Hall–Kier alpha value is -0.680. The largest absolute Gasteiger partial charge is 0.497 e. The average molecular weight is 318 g/mol. The molecule has 0 bridgehead atoms. The van der Waals surface area contributed by atoms with Gasteiger partial charge in [0, 0.05) is 16.3 Å². The van der Waals surface area contributed by atoms with Gasteiger partial charge in [-0.3, -0.25) is 0 Å². The first-order valence-corrected chi connectivity index (χ1v) is 7.04. The second-order valence-electron chi connectivity index (χ2n) is 4.48. The maximum atomic E-state index is 11.8. The van der Waals surface area contributed by atoms with Crippen molar-refractivity contribution in [1.82, 2.24) is 0 Å². The molecule has 94 valence electrons. The molecule has 1 rings (SSSR count). The first-order chi connectivity index (χ1) is 7.84. The van der Waals surface area contributed by atoms with Crippen LogP contribution in [-0.2, 0) is 11.0 Å². The van der Waals surface area contributed by atoms with Crippen LogP contribution in [0.5, 0.6) is 5.75 Å². The first kappa shape index (κ1) is 14.4. The van der Waals surface area contributed by atoms with Gasteiger partial charge in [0.2, 0.25) is 0 Å². The molecule has 0 fully saturated rings. The van der Waals surface area contributed by atoms with Gasteiger partial charge in [0.25, 0.3) is 0 Å². The summed E-state index contributed by atoms with van der Waals surface area (Å²) in [6.07, 6.45) is 1.61. The number of nitrogens with zero attached hydrogens (tertiary/aromatic N) is 1. The minimum Gasteiger partial charge on any atom is -0.497 e. The standard InChI is InChI=1S/C12H16BrNO2S/c1-12(2,3)17(15)14-8-9-7-10(16-4)5-6-11(9)13/h5-8H,1-4H3/t17-/m0/s1. The number of ether oxygens (including phenoxy) is 1. The summed E-state index contributed by atoms with van der Waals surface area (Å²) in [5.74, 6) is 0.746. The molecule has 3 nitrogen and oxygen atoms in total. The van der Waals surface area contributed by atoms with Crippen molar-refractivity contribution in [2.75, 3.05) is 7.11 Å². The molecule has 0 radical (unpaired) electrons. The number of rotatable bonds is 3. The summed E-state index contributed by atoms with van der Waals surface area (Å²) >= 11 is 3.41. The van der Waals surface area contributed by atoms with E-state index in [1.165, 1.54) is 0 Å². The van der Waals surface area contributed by atoms with Gasteiger partial charge in [-0.05, 0) is 39.0 Å². The molecule has 17 heavy (non-hydrogen) atoms. The van der Waals surface area contributed by atoms with Crippen molar-refractivity contribution in [2.45, 2.75) is 25.5 Å². The van der Waals surface area contributed by atoms with Gasteiger partial charge < -0.3 is 4.74 Å². The molecule has 0 aliphatic heterocycles. The molecule has 0 aliphatic rings. The highest BCUT2D eigenvalue weighted by Gasteiger charge is 2.18. The lowest BCUT2D eigenvalue weighted by Gasteiger charge is -2.12. The minimum absolute atomic E-state index is 0.345. The summed E-state index contributed by atoms with van der Waals surface area (Å²) < 4.78 is 21.5. The normalized spacial score (nSPS) is 13.9. The van der Waals surface area contributed by atoms with Crippen molar-refractivity contribution in [3.63, 3.8) is 0 Å². The van der Waals surface area contributed by atoms with Gasteiger partial charge in [-0.15, -0.1) is 0 Å². The van der Waals surface area contributed by atoms with Crippen LogP contribution in [0.1, 0.15) is 26.3 Å². The molecule has 0 saturated heterocycles. The second-order valence-corrected chi connectivity index (χ2v) is 7.27. The van der Waals surface area contributed by atoms with Gasteiger partial charge in [0.15, 0.2) is 0 Å². The van der Waals surface area contributed by atoms with Gasteiger partial charge in [-0.2, -0.15) is 4.40 Å². The van der Waals surface area contributed by atoms with E-state index in [0.717, 1.165) is 15.8 Å². The van der Waals surface area contributed by atoms with E-state index in [2.05, 4.69) is 20.3 Å². The van der Waals surface area contributed by atoms with Crippen LogP contribution >= 0.6 is 15.9 Å². The Balaban J connectivity index is 2.95. The monoisotopic (exact) mass is 317 g/mol. The van der Waals surface area contributed by atoms with E-state index in [1.807, 2.05) is 39.0 Å². The minimum atomic E-state index is -1.25. The van der Waals surface area contributed by atoms with Crippen LogP contribution in [0.15, 0.2) is 27.1 Å². The van der Waals surface area contributed by atoms with Crippen LogP contribution < -0.4 is 4.74 Å². The van der Waals surface area contributed by atoms with Crippen LogP contribution in [0, 0.1) is 0 Å². The molecular formula is C12H16BrNO2S. The molecule has 0 saturated carbocycles. The molecule has 1 aromatic carbocycles. The maximum Gasteiger partial charge on any atom is 0.144 e. The van der Waals surface area contributed by atoms with Crippen LogP contribution in [-0.4, -0.2) is 22.3 Å². The molecular weight excluding hydrogens is 302 g/mol. The molecule has 0 aliphatic carbocycles. The number of methoxy groups -OCH3 is 1. The van der Waals surface area contributed by atoms with E-state index in [-0.39, 0.29) is 4.75 Å². The highest BCUT2D eigenvalue weighted by atomic mass is 79.9. The van der Waals surface area contributed by atoms with E-state index >= 15 is 0 Å². The third-order valence-corrected chi connectivity index (χ3v) is 4.08. The topological polar surface area (TPSA) is 38.7 Å². The fourth-order valence-electron chi connectivity index (χ4n) is 1.01. The van der Waals surface area contributed by atoms with Crippen LogP contribution in [0.2, 0.25) is 0 Å². The summed E-state index contributed by atoms with van der Waals surface area (Å²) in [5, 5.41) is 0. The highest BCUT2D eigenvalue weighted by Crippen LogP contribution is 2.21. The molecule has 0 amide bonds. The van der Waals surface area contributed by atoms with Crippen LogP contribution in [0.3, 0.4) is 0 Å². The smallest absolute Gasteiger partial charge is 0.144 e. The van der Waals surface area contributed by atoms with Gasteiger partial charge in [-0.1, -0.05) is 15.9 Å². The predicted octanol–water partition coefficient (Wildman–Crippen LogP) is 3.34. The van der Waals surface area contributed by atoms with Crippen molar-refractivity contribution in [3.05, 3.63) is 28.2 Å². The Bertz CT molecular complexity index is 452. The second kappa shape index (κ2) is 5.78. The van der Waals surface area contributed by atoms with Crippen LogP contribution in [0.25, 0.3) is 0 Å². The zero-order valence-electron chi connectivity index (χ0n) is 10.4. The average Bonchev–Trinajstić information content (AvgIpc) is 2.26. The SMILES string of the molecule is COc1ccc(Br)c(C=N[S@@](=O)C(C)(C)C)c1. The molecule has 5 heteroatoms. The molecule has 1 aromatic rings. The van der Waals surface area contributed by atoms with Gasteiger partial charge >= 0.3 is 0 Å². The van der Waals surface area contributed by atoms with E-state index in [0.29, 0.717) is 0 Å². The molecule has 0 spiro atoms. The Morgan fingerprint density at radius 2 is 2.06 bits per heavy atom. The lowest BCUT2D eigenvalue weighted by Crippen LogP contribution is -2.19. The Morgan fingerprint density at radius 1 is 1.41 bits per heavy atom. The molecule has 0 heterocycles. The van der Waals surface area contributed by atoms with Gasteiger partial charge in [0.05, 0.1) is 11.9 Å². The fourth-order valence-corrected chi connectivity index (χ4v) is 1.89.